The number of carbonyl (C=O) groups excluding carboxylic acids is 1. The molecule has 0 radical (unpaired) electrons. The molecule has 0 aromatic carbocycles. The van der Waals surface area contributed by atoms with Crippen LogP contribution >= 0.6 is 11.3 Å². The van der Waals surface area contributed by atoms with Gasteiger partial charge in [0.2, 0.25) is 0 Å². The minimum atomic E-state index is -0.0409. The maximum atomic E-state index is 12.0. The molecule has 1 aliphatic carbocycles. The predicted molar refractivity (Wildman–Crippen MR) is 77.2 cm³/mol. The van der Waals surface area contributed by atoms with Gasteiger partial charge in [-0.1, -0.05) is 19.3 Å². The Morgan fingerprint density at radius 2 is 2.06 bits per heavy atom. The lowest BCUT2D eigenvalue weighted by Gasteiger charge is -2.19. The maximum absolute atomic E-state index is 12.0. The molecule has 3 N–H and O–H groups in total. The summed E-state index contributed by atoms with van der Waals surface area (Å²) in [7, 11) is 0. The van der Waals surface area contributed by atoms with Crippen molar-refractivity contribution in [3.63, 3.8) is 0 Å². The number of rotatable bonds is 3. The molecule has 0 saturated heterocycles. The lowest BCUT2D eigenvalue weighted by molar-refractivity contribution is 0.0944. The average Bonchev–Trinajstić information content (AvgIpc) is 2.72. The Bertz CT molecular complexity index is 419. The van der Waals surface area contributed by atoms with Crippen LogP contribution in [0.1, 0.15) is 67.1 Å². The van der Waals surface area contributed by atoms with E-state index in [1.54, 1.807) is 11.3 Å². The van der Waals surface area contributed by atoms with E-state index in [0.29, 0.717) is 16.5 Å². The van der Waals surface area contributed by atoms with Gasteiger partial charge in [0.25, 0.3) is 5.91 Å². The summed E-state index contributed by atoms with van der Waals surface area (Å²) in [6, 6.07) is 2.16. The number of thiophene rings is 1. The Morgan fingerprint density at radius 3 is 2.67 bits per heavy atom. The zero-order valence-corrected chi connectivity index (χ0v) is 12.0. The summed E-state index contributed by atoms with van der Waals surface area (Å²) in [5.41, 5.74) is 6.64. The van der Waals surface area contributed by atoms with Gasteiger partial charge in [-0.25, -0.2) is 0 Å². The molecule has 3 nitrogen and oxygen atoms in total. The van der Waals surface area contributed by atoms with E-state index in [1.165, 1.54) is 37.0 Å². The fourth-order valence-corrected chi connectivity index (χ4v) is 3.63. The molecule has 0 unspecified atom stereocenters. The molecule has 0 spiro atoms. The van der Waals surface area contributed by atoms with Crippen molar-refractivity contribution in [1.29, 1.82) is 0 Å². The van der Waals surface area contributed by atoms with Crippen molar-refractivity contribution in [2.45, 2.75) is 57.9 Å². The van der Waals surface area contributed by atoms with Gasteiger partial charge >= 0.3 is 0 Å². The number of nitrogen functional groups attached to an aromatic ring is 1. The molecular weight excluding hydrogens is 244 g/mol. The highest BCUT2D eigenvalue weighted by atomic mass is 32.1. The molecule has 18 heavy (non-hydrogen) atoms. The first-order valence-electron chi connectivity index (χ1n) is 6.78. The van der Waals surface area contributed by atoms with Gasteiger partial charge in [-0.2, -0.15) is 0 Å². The minimum Gasteiger partial charge on any atom is -0.390 e. The molecule has 1 saturated carbocycles. The first kappa shape index (κ1) is 13.4. The predicted octanol–water partition coefficient (Wildman–Crippen LogP) is 3.52. The Balaban J connectivity index is 2.13. The van der Waals surface area contributed by atoms with Crippen LogP contribution in [0.5, 0.6) is 0 Å². The molecule has 1 fully saturated rings. The molecule has 4 heteroatoms. The summed E-state index contributed by atoms with van der Waals surface area (Å²) in [5, 5.41) is 3.56. The Hall–Kier alpha value is -1.03. The summed E-state index contributed by atoms with van der Waals surface area (Å²) in [6.07, 6.45) is 6.43. The summed E-state index contributed by atoms with van der Waals surface area (Å²) in [4.78, 5) is 13.3. The molecule has 1 aromatic heterocycles. The number of amides is 1. The largest absolute Gasteiger partial charge is 0.390 e. The molecule has 0 bridgehead atoms. The number of nitrogens with one attached hydrogen (secondary N) is 1. The van der Waals surface area contributed by atoms with Crippen LogP contribution in [-0.4, -0.2) is 11.9 Å². The Morgan fingerprint density at radius 1 is 1.39 bits per heavy atom. The van der Waals surface area contributed by atoms with Crippen LogP contribution in [0.25, 0.3) is 0 Å². The van der Waals surface area contributed by atoms with Crippen LogP contribution in [0, 0.1) is 0 Å². The second-order valence-corrected chi connectivity index (χ2v) is 6.51. The van der Waals surface area contributed by atoms with Crippen molar-refractivity contribution < 1.29 is 4.79 Å². The molecule has 1 amide bonds. The molecule has 100 valence electrons. The molecule has 1 aromatic rings. The fraction of sp³-hybridized carbons (Fsp3) is 0.643. The molecular formula is C14H22N2OS. The van der Waals surface area contributed by atoms with E-state index < -0.39 is 0 Å². The Kier molecular flexibility index (Phi) is 4.27. The number of carbonyl (C=O) groups is 1. The third kappa shape index (κ3) is 3.05. The highest BCUT2D eigenvalue weighted by molar-refractivity contribution is 7.16. The summed E-state index contributed by atoms with van der Waals surface area (Å²) >= 11 is 1.59. The SMILES string of the molecule is CC(C)NC(=O)c1cc(C2CCCCC2)sc1N. The van der Waals surface area contributed by atoms with Crippen molar-refractivity contribution >= 4 is 22.2 Å². The van der Waals surface area contributed by atoms with Gasteiger partial charge in [-0.05, 0) is 38.7 Å². The Labute approximate surface area is 113 Å². The molecule has 0 atom stereocenters. The maximum Gasteiger partial charge on any atom is 0.254 e. The van der Waals surface area contributed by atoms with E-state index in [2.05, 4.69) is 5.32 Å². The van der Waals surface area contributed by atoms with Gasteiger partial charge in [0.15, 0.2) is 0 Å². The van der Waals surface area contributed by atoms with E-state index in [4.69, 9.17) is 5.73 Å². The molecule has 2 rings (SSSR count). The van der Waals surface area contributed by atoms with E-state index in [0.717, 1.165) is 0 Å². The molecule has 1 heterocycles. The van der Waals surface area contributed by atoms with Crippen molar-refractivity contribution in [2.24, 2.45) is 0 Å². The lowest BCUT2D eigenvalue weighted by atomic mass is 9.88. The van der Waals surface area contributed by atoms with Crippen molar-refractivity contribution in [2.75, 3.05) is 5.73 Å². The van der Waals surface area contributed by atoms with E-state index in [-0.39, 0.29) is 11.9 Å². The van der Waals surface area contributed by atoms with Crippen LogP contribution in [0.3, 0.4) is 0 Å². The van der Waals surface area contributed by atoms with Crippen LogP contribution in [0.4, 0.5) is 5.00 Å². The first-order valence-corrected chi connectivity index (χ1v) is 7.59. The zero-order valence-electron chi connectivity index (χ0n) is 11.2. The second kappa shape index (κ2) is 5.74. The van der Waals surface area contributed by atoms with Crippen molar-refractivity contribution in [3.8, 4) is 0 Å². The van der Waals surface area contributed by atoms with Gasteiger partial charge in [-0.15, -0.1) is 11.3 Å². The zero-order chi connectivity index (χ0) is 13.1. The highest BCUT2D eigenvalue weighted by Crippen LogP contribution is 2.38. The van der Waals surface area contributed by atoms with E-state index in [1.807, 2.05) is 19.9 Å². The quantitative estimate of drug-likeness (QED) is 0.879. The van der Waals surface area contributed by atoms with Crippen molar-refractivity contribution in [1.82, 2.24) is 5.32 Å². The van der Waals surface area contributed by atoms with Crippen LogP contribution in [0.15, 0.2) is 6.07 Å². The summed E-state index contributed by atoms with van der Waals surface area (Å²) < 4.78 is 0. The van der Waals surface area contributed by atoms with Crippen LogP contribution in [-0.2, 0) is 0 Å². The first-order chi connectivity index (χ1) is 8.58. The summed E-state index contributed by atoms with van der Waals surface area (Å²) in [5.74, 6) is 0.576. The smallest absolute Gasteiger partial charge is 0.254 e. The summed E-state index contributed by atoms with van der Waals surface area (Å²) in [6.45, 7) is 3.92. The number of nitrogens with two attached hydrogens (primary N) is 1. The molecule has 1 aliphatic rings. The van der Waals surface area contributed by atoms with Gasteiger partial charge < -0.3 is 11.1 Å². The number of hydrogen-bond acceptors (Lipinski definition) is 3. The van der Waals surface area contributed by atoms with Crippen LogP contribution < -0.4 is 11.1 Å². The monoisotopic (exact) mass is 266 g/mol. The topological polar surface area (TPSA) is 55.1 Å². The third-order valence-corrected chi connectivity index (χ3v) is 4.58. The number of hydrogen-bond donors (Lipinski definition) is 2. The van der Waals surface area contributed by atoms with Gasteiger partial charge in [0.1, 0.15) is 0 Å². The van der Waals surface area contributed by atoms with Crippen molar-refractivity contribution in [3.05, 3.63) is 16.5 Å². The van der Waals surface area contributed by atoms with Gasteiger partial charge in [-0.3, -0.25) is 4.79 Å². The molecule has 0 aliphatic heterocycles. The average molecular weight is 266 g/mol. The lowest BCUT2D eigenvalue weighted by Crippen LogP contribution is -2.30. The fourth-order valence-electron chi connectivity index (χ4n) is 2.53. The second-order valence-electron chi connectivity index (χ2n) is 5.39. The van der Waals surface area contributed by atoms with E-state index >= 15 is 0 Å². The minimum absolute atomic E-state index is 0.0409. The highest BCUT2D eigenvalue weighted by Gasteiger charge is 2.21. The van der Waals surface area contributed by atoms with Crippen LogP contribution in [0.2, 0.25) is 0 Å². The van der Waals surface area contributed by atoms with Gasteiger partial charge in [0.05, 0.1) is 10.6 Å². The standard InChI is InChI=1S/C14H22N2OS/c1-9(2)16-14(17)11-8-12(18-13(11)15)10-6-4-3-5-7-10/h8-10H,3-7,15H2,1-2H3,(H,16,17). The van der Waals surface area contributed by atoms with E-state index in [9.17, 15) is 4.79 Å². The third-order valence-electron chi connectivity index (χ3n) is 3.45. The van der Waals surface area contributed by atoms with Gasteiger partial charge in [0, 0.05) is 10.9 Å². The normalized spacial score (nSPS) is 17.1. The number of anilines is 1.